The van der Waals surface area contributed by atoms with Gasteiger partial charge >= 0.3 is 0 Å². The first-order valence-corrected chi connectivity index (χ1v) is 7.96. The van der Waals surface area contributed by atoms with Gasteiger partial charge in [0.05, 0.1) is 5.60 Å². The third kappa shape index (κ3) is 4.44. The van der Waals surface area contributed by atoms with E-state index in [2.05, 4.69) is 44.8 Å². The molecule has 0 aliphatic carbocycles. The highest BCUT2D eigenvalue weighted by atomic mass is 16.5. The van der Waals surface area contributed by atoms with Crippen molar-refractivity contribution in [2.24, 2.45) is 0 Å². The minimum Gasteiger partial charge on any atom is -0.379 e. The lowest BCUT2D eigenvalue weighted by Crippen LogP contribution is -2.64. The summed E-state index contributed by atoms with van der Waals surface area (Å²) in [5.41, 5.74) is 0.313. The molecule has 0 bridgehead atoms. The fourth-order valence-corrected chi connectivity index (χ4v) is 2.94. The van der Waals surface area contributed by atoms with Gasteiger partial charge in [0.15, 0.2) is 0 Å². The molecule has 0 saturated carbocycles. The van der Waals surface area contributed by atoms with Crippen LogP contribution in [-0.2, 0) is 4.74 Å². The number of ether oxygens (including phenoxy) is 1. The number of hydrogen-bond acceptors (Lipinski definition) is 3. The molecule has 1 rings (SSSR count). The van der Waals surface area contributed by atoms with Gasteiger partial charge in [-0.05, 0) is 39.5 Å². The molecule has 1 unspecified atom stereocenters. The van der Waals surface area contributed by atoms with Crippen molar-refractivity contribution < 1.29 is 4.74 Å². The van der Waals surface area contributed by atoms with E-state index < -0.39 is 0 Å². The lowest BCUT2D eigenvalue weighted by atomic mass is 9.87. The normalized spacial score (nSPS) is 24.6. The molecule has 0 spiro atoms. The average Bonchev–Trinajstić information content (AvgIpc) is 2.44. The van der Waals surface area contributed by atoms with Crippen molar-refractivity contribution >= 4 is 0 Å². The van der Waals surface area contributed by atoms with Crippen molar-refractivity contribution in [3.63, 3.8) is 0 Å². The monoisotopic (exact) mass is 270 g/mol. The molecule has 1 atom stereocenters. The average molecular weight is 270 g/mol. The first kappa shape index (κ1) is 16.9. The van der Waals surface area contributed by atoms with Gasteiger partial charge in [0.1, 0.15) is 0 Å². The summed E-state index contributed by atoms with van der Waals surface area (Å²) in [7, 11) is 1.82. The van der Waals surface area contributed by atoms with E-state index in [1.54, 1.807) is 0 Å². The molecule has 114 valence electrons. The Morgan fingerprint density at radius 3 is 2.37 bits per heavy atom. The second-order valence-electron chi connectivity index (χ2n) is 6.61. The molecular weight excluding hydrogens is 236 g/mol. The zero-order valence-corrected chi connectivity index (χ0v) is 13.9. The van der Waals surface area contributed by atoms with Crippen LogP contribution in [0.3, 0.4) is 0 Å². The Kier molecular flexibility index (Phi) is 6.28. The van der Waals surface area contributed by atoms with E-state index >= 15 is 0 Å². The number of hydrogen-bond donors (Lipinski definition) is 1. The van der Waals surface area contributed by atoms with Crippen molar-refractivity contribution in [2.75, 3.05) is 26.7 Å². The summed E-state index contributed by atoms with van der Waals surface area (Å²) in [4.78, 5) is 2.68. The second-order valence-corrected chi connectivity index (χ2v) is 6.61. The molecule has 0 aromatic rings. The van der Waals surface area contributed by atoms with E-state index in [4.69, 9.17) is 4.74 Å². The van der Waals surface area contributed by atoms with Crippen LogP contribution in [0.5, 0.6) is 0 Å². The Morgan fingerprint density at radius 1 is 1.26 bits per heavy atom. The van der Waals surface area contributed by atoms with Crippen molar-refractivity contribution in [1.82, 2.24) is 10.2 Å². The van der Waals surface area contributed by atoms with E-state index in [0.717, 1.165) is 19.5 Å². The lowest BCUT2D eigenvalue weighted by Gasteiger charge is -2.48. The topological polar surface area (TPSA) is 24.5 Å². The van der Waals surface area contributed by atoms with Crippen LogP contribution >= 0.6 is 0 Å². The molecule has 19 heavy (non-hydrogen) atoms. The maximum Gasteiger partial charge on any atom is 0.0634 e. The second kappa shape index (κ2) is 7.05. The van der Waals surface area contributed by atoms with E-state index in [1.165, 1.54) is 25.8 Å². The number of rotatable bonds is 7. The molecule has 0 aromatic carbocycles. The molecule has 1 aliphatic rings. The van der Waals surface area contributed by atoms with Gasteiger partial charge in [0, 0.05) is 38.3 Å². The summed E-state index contributed by atoms with van der Waals surface area (Å²) in [6.45, 7) is 14.7. The zero-order chi connectivity index (χ0) is 14.5. The molecule has 3 heteroatoms. The smallest absolute Gasteiger partial charge is 0.0634 e. The molecule has 0 radical (unpaired) electrons. The molecule has 1 fully saturated rings. The van der Waals surface area contributed by atoms with Gasteiger partial charge in [-0.15, -0.1) is 0 Å². The number of nitrogens with one attached hydrogen (secondary N) is 1. The van der Waals surface area contributed by atoms with E-state index in [9.17, 15) is 0 Å². The highest BCUT2D eigenvalue weighted by Gasteiger charge is 2.36. The maximum atomic E-state index is 5.56. The molecule has 1 saturated heterocycles. The lowest BCUT2D eigenvalue weighted by molar-refractivity contribution is -0.00714. The minimum atomic E-state index is -0.00967. The third-order valence-corrected chi connectivity index (χ3v) is 5.11. The van der Waals surface area contributed by atoms with Gasteiger partial charge in [0.25, 0.3) is 0 Å². The maximum absolute atomic E-state index is 5.56. The summed E-state index contributed by atoms with van der Waals surface area (Å²) in [6.07, 6.45) is 4.75. The van der Waals surface area contributed by atoms with Crippen LogP contribution in [0.2, 0.25) is 0 Å². The quantitative estimate of drug-likeness (QED) is 0.769. The van der Waals surface area contributed by atoms with E-state index in [-0.39, 0.29) is 5.60 Å². The summed E-state index contributed by atoms with van der Waals surface area (Å²) in [5, 5.41) is 3.80. The summed E-state index contributed by atoms with van der Waals surface area (Å²) in [6, 6.07) is 0.680. The predicted octanol–water partition coefficient (Wildman–Crippen LogP) is 3.04. The van der Waals surface area contributed by atoms with Gasteiger partial charge in [-0.1, -0.05) is 20.8 Å². The molecule has 1 heterocycles. The SMILES string of the molecule is CCC1CNC(CC)(CC)CN1CCC(C)(C)OC. The Hall–Kier alpha value is -0.120. The Labute approximate surface area is 120 Å². The zero-order valence-electron chi connectivity index (χ0n) is 13.9. The van der Waals surface area contributed by atoms with Gasteiger partial charge in [-0.2, -0.15) is 0 Å². The summed E-state index contributed by atoms with van der Waals surface area (Å²) >= 11 is 0. The van der Waals surface area contributed by atoms with Crippen molar-refractivity contribution in [1.29, 1.82) is 0 Å². The largest absolute Gasteiger partial charge is 0.379 e. The fraction of sp³-hybridized carbons (Fsp3) is 1.00. The van der Waals surface area contributed by atoms with Gasteiger partial charge in [0.2, 0.25) is 0 Å². The van der Waals surface area contributed by atoms with Gasteiger partial charge in [-0.25, -0.2) is 0 Å². The van der Waals surface area contributed by atoms with Crippen molar-refractivity contribution in [3.05, 3.63) is 0 Å². The molecule has 3 nitrogen and oxygen atoms in total. The highest BCUT2D eigenvalue weighted by Crippen LogP contribution is 2.25. The first-order valence-electron chi connectivity index (χ1n) is 7.96. The van der Waals surface area contributed by atoms with Crippen molar-refractivity contribution in [2.45, 2.75) is 77.5 Å². The predicted molar refractivity (Wildman–Crippen MR) is 82.7 cm³/mol. The number of nitrogens with zero attached hydrogens (tertiary/aromatic N) is 1. The van der Waals surface area contributed by atoms with Crippen LogP contribution in [-0.4, -0.2) is 48.8 Å². The van der Waals surface area contributed by atoms with E-state index in [0.29, 0.717) is 11.6 Å². The summed E-state index contributed by atoms with van der Waals surface area (Å²) in [5.74, 6) is 0. The van der Waals surface area contributed by atoms with Crippen LogP contribution in [0.1, 0.15) is 60.3 Å². The Balaban J connectivity index is 2.65. The van der Waals surface area contributed by atoms with E-state index in [1.807, 2.05) is 7.11 Å². The van der Waals surface area contributed by atoms with Crippen LogP contribution in [0, 0.1) is 0 Å². The number of methoxy groups -OCH3 is 1. The first-order chi connectivity index (χ1) is 8.92. The highest BCUT2D eigenvalue weighted by molar-refractivity contribution is 4.96. The van der Waals surface area contributed by atoms with Crippen LogP contribution in [0.15, 0.2) is 0 Å². The molecule has 1 aliphatic heterocycles. The molecular formula is C16H34N2O. The Bertz CT molecular complexity index is 261. The Morgan fingerprint density at radius 2 is 1.89 bits per heavy atom. The molecule has 0 amide bonds. The minimum absolute atomic E-state index is 0.00967. The van der Waals surface area contributed by atoms with Crippen molar-refractivity contribution in [3.8, 4) is 0 Å². The van der Waals surface area contributed by atoms with Crippen LogP contribution in [0.4, 0.5) is 0 Å². The molecule has 1 N–H and O–H groups in total. The van der Waals surface area contributed by atoms with Gasteiger partial charge in [-0.3, -0.25) is 4.90 Å². The molecule has 0 aromatic heterocycles. The number of piperazine rings is 1. The van der Waals surface area contributed by atoms with Gasteiger partial charge < -0.3 is 10.1 Å². The van der Waals surface area contributed by atoms with Crippen LogP contribution in [0.25, 0.3) is 0 Å². The van der Waals surface area contributed by atoms with Crippen LogP contribution < -0.4 is 5.32 Å². The summed E-state index contributed by atoms with van der Waals surface area (Å²) < 4.78 is 5.56. The standard InChI is InChI=1S/C16H34N2O/c1-7-14-12-17-16(8-2,9-3)13-18(14)11-10-15(4,5)19-6/h14,17H,7-13H2,1-6H3. The fourth-order valence-electron chi connectivity index (χ4n) is 2.94. The third-order valence-electron chi connectivity index (χ3n) is 5.11.